The predicted molar refractivity (Wildman–Crippen MR) is 131 cm³/mol. The molecular weight excluding hydrogens is 386 g/mol. The van der Waals surface area contributed by atoms with Gasteiger partial charge in [-0.25, -0.2) is 0 Å². The summed E-state index contributed by atoms with van der Waals surface area (Å²) in [7, 11) is 0. The highest BCUT2D eigenvalue weighted by Crippen LogP contribution is 2.13. The summed E-state index contributed by atoms with van der Waals surface area (Å²) in [5.41, 5.74) is 4.97. The Hall–Kier alpha value is -3.79. The molecule has 0 aliphatic rings. The molecule has 31 heavy (non-hydrogen) atoms. The van der Waals surface area contributed by atoms with Gasteiger partial charge in [-0.05, 0) is 51.0 Å². The number of nitrogens with zero attached hydrogens (tertiary/aromatic N) is 1. The Morgan fingerprint density at radius 3 is 1.65 bits per heavy atom. The van der Waals surface area contributed by atoms with Gasteiger partial charge in [0.2, 0.25) is 0 Å². The molecule has 0 N–H and O–H groups in total. The summed E-state index contributed by atoms with van der Waals surface area (Å²) >= 11 is 0. The van der Waals surface area contributed by atoms with Crippen LogP contribution < -0.4 is 0 Å². The lowest BCUT2D eigenvalue weighted by Crippen LogP contribution is -1.86. The molecule has 4 nitrogen and oxygen atoms in total. The summed E-state index contributed by atoms with van der Waals surface area (Å²) in [5, 5.41) is 10.7. The van der Waals surface area contributed by atoms with Crippen molar-refractivity contribution in [3.63, 3.8) is 0 Å². The van der Waals surface area contributed by atoms with Gasteiger partial charge < -0.3 is 0 Å². The second-order valence-electron chi connectivity index (χ2n) is 7.05. The predicted octanol–water partition coefficient (Wildman–Crippen LogP) is 7.26. The van der Waals surface area contributed by atoms with Crippen LogP contribution in [0.5, 0.6) is 0 Å². The molecule has 1 aromatic carbocycles. The van der Waals surface area contributed by atoms with Crippen LogP contribution in [0.2, 0.25) is 0 Å². The Morgan fingerprint density at radius 1 is 0.710 bits per heavy atom. The van der Waals surface area contributed by atoms with Crippen molar-refractivity contribution in [3.8, 4) is 0 Å². The van der Waals surface area contributed by atoms with Crippen molar-refractivity contribution in [2.75, 3.05) is 0 Å². The number of aldehydes is 1. The molecule has 0 aliphatic carbocycles. The molecule has 0 aromatic heterocycles. The molecule has 0 saturated carbocycles. The van der Waals surface area contributed by atoms with Crippen LogP contribution in [-0.2, 0) is 4.79 Å². The zero-order chi connectivity index (χ0) is 23.1. The third-order valence-corrected chi connectivity index (χ3v) is 4.09. The van der Waals surface area contributed by atoms with E-state index in [9.17, 15) is 14.9 Å². The van der Waals surface area contributed by atoms with Crippen molar-refractivity contribution in [2.45, 2.75) is 27.7 Å². The molecular formula is C27H29NO3. The van der Waals surface area contributed by atoms with E-state index in [1.165, 1.54) is 12.1 Å². The lowest BCUT2D eigenvalue weighted by Gasteiger charge is -1.94. The van der Waals surface area contributed by atoms with Gasteiger partial charge in [0.05, 0.1) is 4.92 Å². The number of non-ortho nitro benzene ring substituents is 1. The SMILES string of the molecule is C\C(C=O)=C/C=C/C(C)=C/C=C/C=C(C)/C=C/C=C(C)/C=C/c1ccc([N+](=O)[O-])cc1. The molecule has 0 heterocycles. The van der Waals surface area contributed by atoms with Crippen LogP contribution in [0.3, 0.4) is 0 Å². The molecule has 0 spiro atoms. The Morgan fingerprint density at radius 2 is 1.16 bits per heavy atom. The van der Waals surface area contributed by atoms with E-state index in [0.29, 0.717) is 5.57 Å². The van der Waals surface area contributed by atoms with Gasteiger partial charge in [0.15, 0.2) is 0 Å². The first-order chi connectivity index (χ1) is 14.8. The lowest BCUT2D eigenvalue weighted by molar-refractivity contribution is -0.384. The summed E-state index contributed by atoms with van der Waals surface area (Å²) in [6.07, 6.45) is 24.3. The maximum atomic E-state index is 10.7. The van der Waals surface area contributed by atoms with Crippen LogP contribution in [0, 0.1) is 10.1 Å². The standard InChI is InChI=1S/C27H29NO3/c1-22(9-5-6-10-23(2)12-8-14-25(4)21-29)11-7-13-24(3)15-16-26-17-19-27(20-18-26)28(30)31/h5-21H,1-4H3/b6-5+,11-7+,12-8+,16-15+,22-9+,23-10+,24-13+,25-14+. The van der Waals surface area contributed by atoms with Crippen LogP contribution >= 0.6 is 0 Å². The van der Waals surface area contributed by atoms with Crippen molar-refractivity contribution in [2.24, 2.45) is 0 Å². The fourth-order valence-electron chi connectivity index (χ4n) is 2.26. The molecule has 0 radical (unpaired) electrons. The number of nitro groups is 1. The molecule has 0 aliphatic heterocycles. The average Bonchev–Trinajstić information content (AvgIpc) is 2.75. The normalized spacial score (nSPS) is 14.5. The number of hydrogen-bond acceptors (Lipinski definition) is 3. The van der Waals surface area contributed by atoms with Crippen LogP contribution in [0.1, 0.15) is 33.3 Å². The van der Waals surface area contributed by atoms with Gasteiger partial charge in [-0.15, -0.1) is 0 Å². The van der Waals surface area contributed by atoms with Gasteiger partial charge >= 0.3 is 0 Å². The summed E-state index contributed by atoms with van der Waals surface area (Å²) in [6.45, 7) is 7.79. The second kappa shape index (κ2) is 14.2. The van der Waals surface area contributed by atoms with E-state index in [2.05, 4.69) is 0 Å². The minimum Gasteiger partial charge on any atom is -0.298 e. The van der Waals surface area contributed by atoms with E-state index >= 15 is 0 Å². The maximum Gasteiger partial charge on any atom is 0.269 e. The van der Waals surface area contributed by atoms with E-state index in [1.54, 1.807) is 25.1 Å². The zero-order valence-corrected chi connectivity index (χ0v) is 18.5. The van der Waals surface area contributed by atoms with Gasteiger partial charge in [-0.3, -0.25) is 14.9 Å². The molecule has 0 amide bonds. The van der Waals surface area contributed by atoms with Crippen molar-refractivity contribution in [1.29, 1.82) is 0 Å². The van der Waals surface area contributed by atoms with Crippen molar-refractivity contribution >= 4 is 18.0 Å². The molecule has 0 fully saturated rings. The van der Waals surface area contributed by atoms with E-state index in [1.807, 2.05) is 87.6 Å². The van der Waals surface area contributed by atoms with Gasteiger partial charge in [-0.2, -0.15) is 0 Å². The Balaban J connectivity index is 2.59. The van der Waals surface area contributed by atoms with Crippen molar-refractivity contribution in [3.05, 3.63) is 129 Å². The zero-order valence-electron chi connectivity index (χ0n) is 18.5. The molecule has 160 valence electrons. The number of carbonyl (C=O) groups is 1. The number of nitro benzene ring substituents is 1. The summed E-state index contributed by atoms with van der Waals surface area (Å²) in [5.74, 6) is 0. The van der Waals surface area contributed by atoms with Gasteiger partial charge in [0.1, 0.15) is 6.29 Å². The number of rotatable bonds is 10. The molecule has 0 unspecified atom stereocenters. The highest BCUT2D eigenvalue weighted by Gasteiger charge is 2.01. The summed E-state index contributed by atoms with van der Waals surface area (Å²) < 4.78 is 0. The van der Waals surface area contributed by atoms with Crippen LogP contribution in [0.25, 0.3) is 6.08 Å². The van der Waals surface area contributed by atoms with Gasteiger partial charge in [0, 0.05) is 12.1 Å². The molecule has 0 bridgehead atoms. The minimum atomic E-state index is -0.403. The molecule has 0 atom stereocenters. The number of allylic oxidation sites excluding steroid dienone is 15. The summed E-state index contributed by atoms with van der Waals surface area (Å²) in [6, 6.07) is 6.45. The third kappa shape index (κ3) is 11.7. The monoisotopic (exact) mass is 415 g/mol. The van der Waals surface area contributed by atoms with E-state index in [4.69, 9.17) is 0 Å². The topological polar surface area (TPSA) is 60.2 Å². The first-order valence-corrected chi connectivity index (χ1v) is 9.91. The minimum absolute atomic E-state index is 0.0904. The summed E-state index contributed by atoms with van der Waals surface area (Å²) in [4.78, 5) is 20.8. The quantitative estimate of drug-likeness (QED) is 0.133. The highest BCUT2D eigenvalue weighted by molar-refractivity contribution is 5.72. The van der Waals surface area contributed by atoms with E-state index < -0.39 is 4.92 Å². The smallest absolute Gasteiger partial charge is 0.269 e. The first-order valence-electron chi connectivity index (χ1n) is 9.91. The molecule has 4 heteroatoms. The fraction of sp³-hybridized carbons (Fsp3) is 0.148. The van der Waals surface area contributed by atoms with Crippen LogP contribution in [-0.4, -0.2) is 11.2 Å². The van der Waals surface area contributed by atoms with Crippen LogP contribution in [0.15, 0.2) is 113 Å². The fourth-order valence-corrected chi connectivity index (χ4v) is 2.26. The Bertz CT molecular complexity index is 995. The molecule has 0 saturated heterocycles. The van der Waals surface area contributed by atoms with E-state index in [0.717, 1.165) is 28.6 Å². The number of carbonyl (C=O) groups excluding carboxylic acids is 1. The third-order valence-electron chi connectivity index (χ3n) is 4.09. The lowest BCUT2D eigenvalue weighted by atomic mass is 10.1. The number of benzene rings is 1. The Kier molecular flexibility index (Phi) is 11.6. The van der Waals surface area contributed by atoms with Gasteiger partial charge in [-0.1, -0.05) is 89.6 Å². The van der Waals surface area contributed by atoms with Gasteiger partial charge in [0.25, 0.3) is 5.69 Å². The average molecular weight is 416 g/mol. The molecule has 1 aromatic rings. The highest BCUT2D eigenvalue weighted by atomic mass is 16.6. The number of hydrogen-bond donors (Lipinski definition) is 0. The Labute approximate surface area is 184 Å². The maximum absolute atomic E-state index is 10.7. The largest absolute Gasteiger partial charge is 0.298 e. The van der Waals surface area contributed by atoms with Crippen molar-refractivity contribution in [1.82, 2.24) is 0 Å². The second-order valence-corrected chi connectivity index (χ2v) is 7.05. The molecule has 1 rings (SSSR count). The first kappa shape index (κ1) is 25.2. The van der Waals surface area contributed by atoms with Crippen molar-refractivity contribution < 1.29 is 9.72 Å². The van der Waals surface area contributed by atoms with E-state index in [-0.39, 0.29) is 5.69 Å². The van der Waals surface area contributed by atoms with Crippen LogP contribution in [0.4, 0.5) is 5.69 Å².